The minimum absolute atomic E-state index is 0.172. The van der Waals surface area contributed by atoms with Crippen molar-refractivity contribution >= 4 is 0 Å². The Hall–Kier alpha value is -0.240. The molecule has 0 aromatic carbocycles. The highest BCUT2D eigenvalue weighted by Crippen LogP contribution is 2.33. The molecule has 6 nitrogen and oxygen atoms in total. The third-order valence-electron chi connectivity index (χ3n) is 3.23. The van der Waals surface area contributed by atoms with Gasteiger partial charge in [-0.2, -0.15) is 0 Å². The normalized spacial score (nSPS) is 53.8. The van der Waals surface area contributed by atoms with Crippen LogP contribution in [0.2, 0.25) is 0 Å². The van der Waals surface area contributed by atoms with Crippen LogP contribution in [0.3, 0.4) is 0 Å². The maximum Gasteiger partial charge on any atom is 0.0996 e. The molecule has 2 rings (SSSR count). The fourth-order valence-electron chi connectivity index (χ4n) is 2.46. The topological polar surface area (TPSA) is 104 Å². The summed E-state index contributed by atoms with van der Waals surface area (Å²) in [5.74, 6) is 0. The molecule has 0 radical (unpaired) electrons. The summed E-state index contributed by atoms with van der Waals surface area (Å²) in [7, 11) is 0. The number of rotatable bonds is 1. The second-order valence-electron chi connectivity index (χ2n) is 3.98. The lowest BCUT2D eigenvalue weighted by molar-refractivity contribution is -0.0268. The number of aliphatic hydroxyl groups is 5. The van der Waals surface area contributed by atoms with Gasteiger partial charge in [0, 0.05) is 6.54 Å². The molecule has 0 saturated carbocycles. The molecular weight excluding hydrogens is 190 g/mol. The van der Waals surface area contributed by atoms with Crippen molar-refractivity contribution < 1.29 is 25.5 Å². The molecule has 2 aliphatic heterocycles. The summed E-state index contributed by atoms with van der Waals surface area (Å²) in [6.07, 6.45) is -4.15. The van der Waals surface area contributed by atoms with Gasteiger partial charge in [-0.3, -0.25) is 4.90 Å². The van der Waals surface area contributed by atoms with Gasteiger partial charge in [0.25, 0.3) is 0 Å². The van der Waals surface area contributed by atoms with Crippen LogP contribution in [0.1, 0.15) is 0 Å². The SMILES string of the molecule is OCC1C(O)C(O)C2C(O)C(O)CN12. The van der Waals surface area contributed by atoms with Crippen LogP contribution in [0.5, 0.6) is 0 Å². The van der Waals surface area contributed by atoms with Crippen LogP contribution in [0.25, 0.3) is 0 Å². The van der Waals surface area contributed by atoms with Crippen molar-refractivity contribution in [3.05, 3.63) is 0 Å². The van der Waals surface area contributed by atoms with E-state index in [2.05, 4.69) is 0 Å². The van der Waals surface area contributed by atoms with E-state index >= 15 is 0 Å². The minimum atomic E-state index is -1.11. The molecule has 0 amide bonds. The van der Waals surface area contributed by atoms with Gasteiger partial charge in [0.05, 0.1) is 43.1 Å². The minimum Gasteiger partial charge on any atom is -0.395 e. The maximum atomic E-state index is 9.58. The van der Waals surface area contributed by atoms with E-state index in [0.29, 0.717) is 0 Å². The standard InChI is InChI=1S/C8H15NO5/c10-2-3-6(12)8(14)5-7(13)4(11)1-9(3)5/h3-8,10-14H,1-2H2. The van der Waals surface area contributed by atoms with Crippen molar-refractivity contribution in [2.45, 2.75) is 36.5 Å². The van der Waals surface area contributed by atoms with Gasteiger partial charge in [0.2, 0.25) is 0 Å². The molecule has 2 heterocycles. The molecule has 82 valence electrons. The van der Waals surface area contributed by atoms with Gasteiger partial charge in [-0.1, -0.05) is 0 Å². The van der Waals surface area contributed by atoms with Crippen molar-refractivity contribution in [2.24, 2.45) is 0 Å². The Kier molecular flexibility index (Phi) is 2.50. The zero-order chi connectivity index (χ0) is 10.5. The summed E-state index contributed by atoms with van der Waals surface area (Å²) in [6.45, 7) is -0.126. The maximum absolute atomic E-state index is 9.58. The molecule has 0 bridgehead atoms. The van der Waals surface area contributed by atoms with Gasteiger partial charge in [-0.05, 0) is 0 Å². The molecule has 2 aliphatic rings. The molecule has 2 fully saturated rings. The van der Waals surface area contributed by atoms with Gasteiger partial charge in [-0.15, -0.1) is 0 Å². The van der Waals surface area contributed by atoms with Crippen LogP contribution < -0.4 is 0 Å². The molecule has 0 spiro atoms. The molecule has 6 atom stereocenters. The lowest BCUT2D eigenvalue weighted by Crippen LogP contribution is -2.41. The van der Waals surface area contributed by atoms with Gasteiger partial charge >= 0.3 is 0 Å². The Morgan fingerprint density at radius 1 is 1.00 bits per heavy atom. The van der Waals surface area contributed by atoms with Crippen LogP contribution >= 0.6 is 0 Å². The summed E-state index contributed by atoms with van der Waals surface area (Å²) in [5, 5.41) is 47.0. The van der Waals surface area contributed by atoms with E-state index in [9.17, 15) is 20.4 Å². The predicted octanol–water partition coefficient (Wildman–Crippen LogP) is -3.51. The molecule has 14 heavy (non-hydrogen) atoms. The monoisotopic (exact) mass is 205 g/mol. The summed E-state index contributed by atoms with van der Waals surface area (Å²) in [5.41, 5.74) is 0. The lowest BCUT2D eigenvalue weighted by atomic mass is 10.0. The Bertz CT molecular complexity index is 226. The largest absolute Gasteiger partial charge is 0.395 e. The van der Waals surface area contributed by atoms with Crippen LogP contribution in [-0.4, -0.2) is 80.1 Å². The quantitative estimate of drug-likeness (QED) is 0.304. The summed E-state index contributed by atoms with van der Waals surface area (Å²) in [4.78, 5) is 1.56. The third kappa shape index (κ3) is 1.19. The number of fused-ring (bicyclic) bond motifs is 1. The van der Waals surface area contributed by atoms with Gasteiger partial charge < -0.3 is 25.5 Å². The summed E-state index contributed by atoms with van der Waals surface area (Å²) in [6, 6.07) is -1.26. The Balaban J connectivity index is 2.21. The number of aliphatic hydroxyl groups excluding tert-OH is 5. The highest BCUT2D eigenvalue weighted by Gasteiger charge is 2.56. The van der Waals surface area contributed by atoms with Crippen LogP contribution in [0.15, 0.2) is 0 Å². The Morgan fingerprint density at radius 2 is 1.64 bits per heavy atom. The van der Waals surface area contributed by atoms with E-state index in [0.717, 1.165) is 0 Å². The van der Waals surface area contributed by atoms with Gasteiger partial charge in [-0.25, -0.2) is 0 Å². The van der Waals surface area contributed by atoms with Gasteiger partial charge in [0.15, 0.2) is 0 Å². The van der Waals surface area contributed by atoms with Gasteiger partial charge in [0.1, 0.15) is 0 Å². The first-order valence-electron chi connectivity index (χ1n) is 4.66. The smallest absolute Gasteiger partial charge is 0.0996 e. The first-order chi connectivity index (χ1) is 6.57. The molecule has 6 heteroatoms. The average molecular weight is 205 g/mol. The molecule has 2 saturated heterocycles. The van der Waals surface area contributed by atoms with Crippen molar-refractivity contribution in [3.63, 3.8) is 0 Å². The van der Waals surface area contributed by atoms with Crippen LogP contribution in [0.4, 0.5) is 0 Å². The fraction of sp³-hybridized carbons (Fsp3) is 1.00. The fourth-order valence-corrected chi connectivity index (χ4v) is 2.46. The van der Waals surface area contributed by atoms with E-state index in [-0.39, 0.29) is 13.2 Å². The number of nitrogens with zero attached hydrogens (tertiary/aromatic N) is 1. The van der Waals surface area contributed by atoms with E-state index in [1.807, 2.05) is 0 Å². The average Bonchev–Trinajstić information content (AvgIpc) is 2.54. The second kappa shape index (κ2) is 3.41. The van der Waals surface area contributed by atoms with E-state index in [1.165, 1.54) is 0 Å². The van der Waals surface area contributed by atoms with Crippen molar-refractivity contribution in [1.29, 1.82) is 0 Å². The summed E-state index contributed by atoms with van der Waals surface area (Å²) < 4.78 is 0. The van der Waals surface area contributed by atoms with E-state index in [1.54, 1.807) is 4.90 Å². The zero-order valence-corrected chi connectivity index (χ0v) is 7.56. The Labute approximate surface area is 81.0 Å². The van der Waals surface area contributed by atoms with Crippen molar-refractivity contribution in [2.75, 3.05) is 13.2 Å². The van der Waals surface area contributed by atoms with Crippen molar-refractivity contribution in [3.8, 4) is 0 Å². The first-order valence-corrected chi connectivity index (χ1v) is 4.66. The molecule has 0 aliphatic carbocycles. The molecular formula is C8H15NO5. The molecule has 0 aromatic rings. The second-order valence-corrected chi connectivity index (χ2v) is 3.98. The van der Waals surface area contributed by atoms with E-state index in [4.69, 9.17) is 5.11 Å². The molecule has 6 unspecified atom stereocenters. The molecule has 0 aromatic heterocycles. The first kappa shape index (κ1) is 10.3. The lowest BCUT2D eigenvalue weighted by Gasteiger charge is -2.22. The summed E-state index contributed by atoms with van der Waals surface area (Å²) >= 11 is 0. The Morgan fingerprint density at radius 3 is 2.21 bits per heavy atom. The van der Waals surface area contributed by atoms with Crippen LogP contribution in [0, 0.1) is 0 Å². The molecule has 5 N–H and O–H groups in total. The highest BCUT2D eigenvalue weighted by molar-refractivity contribution is 5.09. The zero-order valence-electron chi connectivity index (χ0n) is 7.56. The highest BCUT2D eigenvalue weighted by atomic mass is 16.4. The third-order valence-corrected chi connectivity index (χ3v) is 3.23. The van der Waals surface area contributed by atoms with Crippen LogP contribution in [-0.2, 0) is 0 Å². The number of hydrogen-bond acceptors (Lipinski definition) is 6. The number of hydrogen-bond donors (Lipinski definition) is 5. The predicted molar refractivity (Wildman–Crippen MR) is 45.4 cm³/mol. The van der Waals surface area contributed by atoms with E-state index < -0.39 is 36.5 Å². The van der Waals surface area contributed by atoms with Crippen molar-refractivity contribution in [1.82, 2.24) is 4.90 Å².